The van der Waals surface area contributed by atoms with Gasteiger partial charge in [0.25, 0.3) is 0 Å². The van der Waals surface area contributed by atoms with E-state index in [1.54, 1.807) is 11.3 Å². The number of aromatic nitrogens is 3. The van der Waals surface area contributed by atoms with Gasteiger partial charge in [0, 0.05) is 32.6 Å². The van der Waals surface area contributed by atoms with E-state index in [0.29, 0.717) is 0 Å². The van der Waals surface area contributed by atoms with E-state index in [-0.39, 0.29) is 0 Å². The maximum Gasteiger partial charge on any atom is 0.195 e. The number of nitrogens with zero attached hydrogens (tertiary/aromatic N) is 3. The number of hydrogen-bond donors (Lipinski definition) is 0. The van der Waals surface area contributed by atoms with E-state index in [1.165, 1.54) is 43.4 Å². The van der Waals surface area contributed by atoms with Crippen LogP contribution in [0.25, 0.3) is 97.4 Å². The first kappa shape index (κ1) is 24.4. The van der Waals surface area contributed by atoms with E-state index in [9.17, 15) is 0 Å². The first-order valence-corrected chi connectivity index (χ1v) is 16.3. The van der Waals surface area contributed by atoms with Crippen molar-refractivity contribution in [2.75, 3.05) is 0 Å². The van der Waals surface area contributed by atoms with Gasteiger partial charge < -0.3 is 8.98 Å². The second-order valence-electron chi connectivity index (χ2n) is 12.0. The number of benzene rings is 7. The normalized spacial score (nSPS) is 12.3. The van der Waals surface area contributed by atoms with E-state index >= 15 is 0 Å². The molecule has 11 rings (SSSR count). The molecule has 11 aromatic rings. The quantitative estimate of drug-likeness (QED) is 0.196. The van der Waals surface area contributed by atoms with Crippen molar-refractivity contribution >= 4 is 97.9 Å². The van der Waals surface area contributed by atoms with Gasteiger partial charge in [0.05, 0.1) is 37.7 Å². The second kappa shape index (κ2) is 8.84. The minimum atomic E-state index is 0.872. The standard InChI is InChI=1S/C41H23N3OS/c1-2-10-26-24(9-1)17-19-34-38(26)28-12-4-7-15-32(28)43(34)25-18-20-33-30(23-25)27-11-3-6-14-31(27)44(33)41-42-40-37(46-41)22-21-36-39(40)29-13-5-8-16-35(29)45-36/h1-23H. The van der Waals surface area contributed by atoms with Crippen molar-refractivity contribution < 1.29 is 4.42 Å². The number of rotatable bonds is 2. The number of furan rings is 1. The lowest BCUT2D eigenvalue weighted by Gasteiger charge is -2.09. The summed E-state index contributed by atoms with van der Waals surface area (Å²) in [7, 11) is 0. The van der Waals surface area contributed by atoms with Crippen LogP contribution in [0.2, 0.25) is 0 Å². The average molecular weight is 606 g/mol. The molecule has 0 bridgehead atoms. The Labute approximate surface area is 265 Å². The first-order valence-electron chi connectivity index (χ1n) is 15.5. The van der Waals surface area contributed by atoms with Gasteiger partial charge in [0.1, 0.15) is 11.2 Å². The zero-order valence-electron chi connectivity index (χ0n) is 24.4. The summed E-state index contributed by atoms with van der Waals surface area (Å²) in [5.41, 5.74) is 8.61. The molecular weight excluding hydrogens is 583 g/mol. The van der Waals surface area contributed by atoms with Crippen LogP contribution >= 0.6 is 11.3 Å². The fourth-order valence-corrected chi connectivity index (χ4v) is 8.61. The van der Waals surface area contributed by atoms with Gasteiger partial charge in [-0.3, -0.25) is 4.57 Å². The third kappa shape index (κ3) is 3.14. The maximum atomic E-state index is 6.19. The summed E-state index contributed by atoms with van der Waals surface area (Å²) in [6.45, 7) is 0. The molecule has 0 N–H and O–H groups in total. The van der Waals surface area contributed by atoms with Crippen molar-refractivity contribution in [2.45, 2.75) is 0 Å². The molecule has 46 heavy (non-hydrogen) atoms. The molecule has 0 aliphatic carbocycles. The van der Waals surface area contributed by atoms with Crippen LogP contribution in [0.15, 0.2) is 144 Å². The van der Waals surface area contributed by atoms with Crippen LogP contribution in [-0.2, 0) is 0 Å². The van der Waals surface area contributed by atoms with E-state index in [2.05, 4.69) is 137 Å². The van der Waals surface area contributed by atoms with E-state index < -0.39 is 0 Å². The third-order valence-corrected chi connectivity index (χ3v) is 10.6. The van der Waals surface area contributed by atoms with Crippen molar-refractivity contribution in [2.24, 2.45) is 0 Å². The highest BCUT2D eigenvalue weighted by atomic mass is 32.1. The van der Waals surface area contributed by atoms with Crippen molar-refractivity contribution in [1.82, 2.24) is 14.1 Å². The number of fused-ring (bicyclic) bond motifs is 13. The minimum absolute atomic E-state index is 0.872. The summed E-state index contributed by atoms with van der Waals surface area (Å²) in [4.78, 5) is 5.31. The monoisotopic (exact) mass is 605 g/mol. The molecule has 0 spiro atoms. The van der Waals surface area contributed by atoms with Crippen molar-refractivity contribution in [3.05, 3.63) is 140 Å². The van der Waals surface area contributed by atoms with E-state index in [1.807, 2.05) is 12.1 Å². The molecule has 0 amide bonds. The first-order chi connectivity index (χ1) is 22.8. The molecule has 0 radical (unpaired) electrons. The Kier molecular flexibility index (Phi) is 4.69. The predicted octanol–water partition coefficient (Wildman–Crippen LogP) is 11.5. The van der Waals surface area contributed by atoms with Crippen molar-refractivity contribution in [3.63, 3.8) is 0 Å². The molecule has 0 atom stereocenters. The van der Waals surface area contributed by atoms with E-state index in [0.717, 1.165) is 54.0 Å². The second-order valence-corrected chi connectivity index (χ2v) is 13.0. The Balaban J connectivity index is 1.19. The zero-order chi connectivity index (χ0) is 29.9. The van der Waals surface area contributed by atoms with Crippen LogP contribution in [-0.4, -0.2) is 14.1 Å². The Morgan fingerprint density at radius 2 is 1.17 bits per heavy atom. The molecule has 0 saturated carbocycles. The molecule has 5 heteroatoms. The Morgan fingerprint density at radius 3 is 2.07 bits per heavy atom. The third-order valence-electron chi connectivity index (χ3n) is 9.56. The fourth-order valence-electron chi connectivity index (χ4n) is 7.61. The van der Waals surface area contributed by atoms with Crippen LogP contribution in [0.5, 0.6) is 0 Å². The van der Waals surface area contributed by atoms with Crippen LogP contribution in [0.1, 0.15) is 0 Å². The highest BCUT2D eigenvalue weighted by Crippen LogP contribution is 2.42. The average Bonchev–Trinajstić information content (AvgIpc) is 3.86. The molecule has 214 valence electrons. The molecule has 4 aromatic heterocycles. The Morgan fingerprint density at radius 1 is 0.478 bits per heavy atom. The molecule has 0 fully saturated rings. The zero-order valence-corrected chi connectivity index (χ0v) is 25.3. The van der Waals surface area contributed by atoms with Gasteiger partial charge in [-0.2, -0.15) is 0 Å². The van der Waals surface area contributed by atoms with Crippen molar-refractivity contribution in [3.8, 4) is 10.8 Å². The summed E-state index contributed by atoms with van der Waals surface area (Å²) >= 11 is 1.72. The highest BCUT2D eigenvalue weighted by Gasteiger charge is 2.20. The van der Waals surface area contributed by atoms with Gasteiger partial charge >= 0.3 is 0 Å². The van der Waals surface area contributed by atoms with Gasteiger partial charge in [0.15, 0.2) is 5.13 Å². The minimum Gasteiger partial charge on any atom is -0.456 e. The van der Waals surface area contributed by atoms with Crippen LogP contribution in [0.3, 0.4) is 0 Å². The smallest absolute Gasteiger partial charge is 0.195 e. The van der Waals surface area contributed by atoms with Crippen LogP contribution in [0, 0.1) is 0 Å². The van der Waals surface area contributed by atoms with Gasteiger partial charge in [-0.25, -0.2) is 4.98 Å². The number of hydrogen-bond acceptors (Lipinski definition) is 3. The van der Waals surface area contributed by atoms with Gasteiger partial charge in [-0.15, -0.1) is 0 Å². The summed E-state index contributed by atoms with van der Waals surface area (Å²) in [5, 5.41) is 10.7. The number of thiazole rings is 1. The lowest BCUT2D eigenvalue weighted by atomic mass is 10.0. The summed E-state index contributed by atoms with van der Waals surface area (Å²) in [6, 6.07) is 50.0. The molecule has 4 heterocycles. The van der Waals surface area contributed by atoms with Gasteiger partial charge in [0.2, 0.25) is 0 Å². The Hall–Kier alpha value is -5.91. The summed E-state index contributed by atoms with van der Waals surface area (Å²) in [6.07, 6.45) is 0. The molecule has 0 unspecified atom stereocenters. The lowest BCUT2D eigenvalue weighted by Crippen LogP contribution is -1.95. The molecule has 7 aromatic carbocycles. The summed E-state index contributed by atoms with van der Waals surface area (Å²) < 4.78 is 12.1. The van der Waals surface area contributed by atoms with E-state index in [4.69, 9.17) is 9.40 Å². The molecule has 0 saturated heterocycles. The van der Waals surface area contributed by atoms with Gasteiger partial charge in [-0.1, -0.05) is 96.3 Å². The largest absolute Gasteiger partial charge is 0.456 e. The molecule has 0 aliphatic heterocycles. The van der Waals surface area contributed by atoms with Gasteiger partial charge in [-0.05, 0) is 65.4 Å². The highest BCUT2D eigenvalue weighted by molar-refractivity contribution is 7.21. The molecular formula is C41H23N3OS. The fraction of sp³-hybridized carbons (Fsp3) is 0. The van der Waals surface area contributed by atoms with Crippen LogP contribution < -0.4 is 0 Å². The lowest BCUT2D eigenvalue weighted by molar-refractivity contribution is 0.669. The Bertz CT molecular complexity index is 3040. The summed E-state index contributed by atoms with van der Waals surface area (Å²) in [5.74, 6) is 0. The molecule has 4 nitrogen and oxygen atoms in total. The topological polar surface area (TPSA) is 35.9 Å². The predicted molar refractivity (Wildman–Crippen MR) is 193 cm³/mol. The molecule has 0 aliphatic rings. The van der Waals surface area contributed by atoms with Crippen LogP contribution in [0.4, 0.5) is 0 Å². The number of para-hydroxylation sites is 3. The SMILES string of the molecule is c1ccc2c(c1)ccc1c2c2ccccc2n1-c1ccc2c(c1)c1ccccc1n2-c1nc2c(ccc3oc4ccccc4c32)s1. The maximum absolute atomic E-state index is 6.19. The van der Waals surface area contributed by atoms with Crippen molar-refractivity contribution in [1.29, 1.82) is 0 Å².